The molecule has 1 aromatic heterocycles. The molecule has 130 valence electrons. The molecule has 0 atom stereocenters. The number of hydrogen-bond acceptors (Lipinski definition) is 2. The van der Waals surface area contributed by atoms with Gasteiger partial charge in [-0.05, 0) is 62.1 Å². The van der Waals surface area contributed by atoms with Crippen LogP contribution in [0.2, 0.25) is 5.02 Å². The topological polar surface area (TPSA) is 34.4 Å². The molecule has 0 fully saturated rings. The van der Waals surface area contributed by atoms with E-state index in [1.54, 1.807) is 0 Å². The summed E-state index contributed by atoms with van der Waals surface area (Å²) in [5.41, 5.74) is 6.62. The lowest BCUT2D eigenvalue weighted by Crippen LogP contribution is -2.15. The Morgan fingerprint density at radius 3 is 2.44 bits per heavy atom. The van der Waals surface area contributed by atoms with Gasteiger partial charge >= 0.3 is 0 Å². The Kier molecular flexibility index (Phi) is 4.85. The van der Waals surface area contributed by atoms with Gasteiger partial charge in [0.25, 0.3) is 5.91 Å². The Morgan fingerprint density at radius 1 is 1.16 bits per heavy atom. The van der Waals surface area contributed by atoms with Gasteiger partial charge in [0, 0.05) is 12.1 Å². The first-order valence-corrected chi connectivity index (χ1v) is 9.36. The van der Waals surface area contributed by atoms with Crippen molar-refractivity contribution in [2.24, 2.45) is 12.0 Å². The molecule has 0 N–H and O–H groups in total. The number of nitrogens with zero attached hydrogens (tertiary/aromatic N) is 2. The van der Waals surface area contributed by atoms with E-state index in [9.17, 15) is 4.79 Å². The SMILES string of the molecule is Cc1cc(C)c(CC(=O)N=c2sc3ccc(Cl)c(C)c3n2C)c(C)c1. The number of carbonyl (C=O) groups excluding carboxylic acids is 1. The molecule has 0 aliphatic carbocycles. The van der Waals surface area contributed by atoms with Crippen LogP contribution in [0.25, 0.3) is 10.2 Å². The van der Waals surface area contributed by atoms with Gasteiger partial charge in [-0.2, -0.15) is 4.99 Å². The van der Waals surface area contributed by atoms with Crippen LogP contribution >= 0.6 is 22.9 Å². The summed E-state index contributed by atoms with van der Waals surface area (Å²) in [6, 6.07) is 8.09. The molecule has 3 nitrogen and oxygen atoms in total. The molecule has 0 bridgehead atoms. The highest BCUT2D eigenvalue weighted by Crippen LogP contribution is 2.26. The largest absolute Gasteiger partial charge is 0.319 e. The summed E-state index contributed by atoms with van der Waals surface area (Å²) in [4.78, 5) is 17.6. The molecule has 0 unspecified atom stereocenters. The maximum Gasteiger partial charge on any atom is 0.252 e. The van der Waals surface area contributed by atoms with Crippen LogP contribution < -0.4 is 4.80 Å². The number of fused-ring (bicyclic) bond motifs is 1. The van der Waals surface area contributed by atoms with Crippen LogP contribution in [0.3, 0.4) is 0 Å². The number of thiazole rings is 1. The molecule has 0 saturated heterocycles. The Balaban J connectivity index is 2.02. The van der Waals surface area contributed by atoms with Crippen molar-refractivity contribution in [1.29, 1.82) is 0 Å². The van der Waals surface area contributed by atoms with Crippen LogP contribution in [0.4, 0.5) is 0 Å². The first kappa shape index (κ1) is 17.9. The predicted molar refractivity (Wildman–Crippen MR) is 105 cm³/mol. The third kappa shape index (κ3) is 3.42. The van der Waals surface area contributed by atoms with Crippen LogP contribution in [0.1, 0.15) is 27.8 Å². The number of amides is 1. The molecule has 0 radical (unpaired) electrons. The number of rotatable bonds is 2. The summed E-state index contributed by atoms with van der Waals surface area (Å²) in [7, 11) is 1.93. The average molecular weight is 373 g/mol. The zero-order valence-corrected chi connectivity index (χ0v) is 16.7. The molecular weight excluding hydrogens is 352 g/mol. The van der Waals surface area contributed by atoms with Gasteiger partial charge in [0.1, 0.15) is 0 Å². The smallest absolute Gasteiger partial charge is 0.252 e. The number of aromatic nitrogens is 1. The minimum atomic E-state index is -0.124. The third-order valence-electron chi connectivity index (χ3n) is 4.54. The molecule has 0 spiro atoms. The fourth-order valence-electron chi connectivity index (χ4n) is 3.30. The van der Waals surface area contributed by atoms with E-state index in [4.69, 9.17) is 11.6 Å². The van der Waals surface area contributed by atoms with Gasteiger partial charge in [0.2, 0.25) is 0 Å². The van der Waals surface area contributed by atoms with E-state index in [-0.39, 0.29) is 5.91 Å². The summed E-state index contributed by atoms with van der Waals surface area (Å²) >= 11 is 7.74. The summed E-state index contributed by atoms with van der Waals surface area (Å²) < 4.78 is 3.03. The highest BCUT2D eigenvalue weighted by Gasteiger charge is 2.12. The highest BCUT2D eigenvalue weighted by atomic mass is 35.5. The zero-order chi connectivity index (χ0) is 18.3. The second kappa shape index (κ2) is 6.77. The fourth-order valence-corrected chi connectivity index (χ4v) is 4.54. The number of aryl methyl sites for hydroxylation is 5. The molecule has 1 amide bonds. The molecule has 3 aromatic rings. The molecule has 0 saturated carbocycles. The van der Waals surface area contributed by atoms with E-state index >= 15 is 0 Å². The van der Waals surface area contributed by atoms with Crippen molar-refractivity contribution < 1.29 is 4.79 Å². The van der Waals surface area contributed by atoms with Gasteiger partial charge in [-0.1, -0.05) is 40.6 Å². The lowest BCUT2D eigenvalue weighted by Gasteiger charge is -2.09. The number of carbonyl (C=O) groups is 1. The second-order valence-corrected chi connectivity index (χ2v) is 7.94. The van der Waals surface area contributed by atoms with E-state index in [1.165, 1.54) is 16.9 Å². The number of hydrogen-bond donors (Lipinski definition) is 0. The monoisotopic (exact) mass is 372 g/mol. The molecule has 5 heteroatoms. The van der Waals surface area contributed by atoms with Crippen molar-refractivity contribution in [1.82, 2.24) is 4.57 Å². The molecule has 2 aromatic carbocycles. The minimum Gasteiger partial charge on any atom is -0.319 e. The van der Waals surface area contributed by atoms with Crippen molar-refractivity contribution >= 4 is 39.1 Å². The third-order valence-corrected chi connectivity index (χ3v) is 6.05. The van der Waals surface area contributed by atoms with Crippen molar-refractivity contribution in [2.45, 2.75) is 34.1 Å². The average Bonchev–Trinajstić information content (AvgIpc) is 2.83. The van der Waals surface area contributed by atoms with Crippen LogP contribution in [0.15, 0.2) is 29.3 Å². The standard InChI is InChI=1S/C20H21ClN2OS/c1-11-8-12(2)15(13(3)9-11)10-18(24)22-20-23(5)19-14(4)16(21)6-7-17(19)25-20/h6-9H,10H2,1-5H3. The van der Waals surface area contributed by atoms with Gasteiger partial charge in [-0.3, -0.25) is 4.79 Å². The van der Waals surface area contributed by atoms with E-state index in [2.05, 4.69) is 24.0 Å². The number of benzene rings is 2. The number of halogens is 1. The van der Waals surface area contributed by atoms with Crippen LogP contribution in [-0.2, 0) is 18.3 Å². The molecule has 25 heavy (non-hydrogen) atoms. The quantitative estimate of drug-likeness (QED) is 0.636. The summed E-state index contributed by atoms with van der Waals surface area (Å²) in [5, 5.41) is 0.727. The Bertz CT molecular complexity index is 1040. The maximum atomic E-state index is 12.6. The Morgan fingerprint density at radius 2 is 1.80 bits per heavy atom. The van der Waals surface area contributed by atoms with Gasteiger partial charge in [0.15, 0.2) is 4.80 Å². The first-order chi connectivity index (χ1) is 11.8. The minimum absolute atomic E-state index is 0.124. The maximum absolute atomic E-state index is 12.6. The van der Waals surface area contributed by atoms with Crippen LogP contribution in [-0.4, -0.2) is 10.5 Å². The van der Waals surface area contributed by atoms with Crippen LogP contribution in [0.5, 0.6) is 0 Å². The van der Waals surface area contributed by atoms with Crippen molar-refractivity contribution in [3.63, 3.8) is 0 Å². The van der Waals surface area contributed by atoms with Gasteiger partial charge < -0.3 is 4.57 Å². The zero-order valence-electron chi connectivity index (χ0n) is 15.1. The molecule has 0 aliphatic rings. The Hall–Kier alpha value is -1.91. The first-order valence-electron chi connectivity index (χ1n) is 8.17. The summed E-state index contributed by atoms with van der Waals surface area (Å²) in [6.45, 7) is 8.16. The fraction of sp³-hybridized carbons (Fsp3) is 0.300. The summed E-state index contributed by atoms with van der Waals surface area (Å²) in [5.74, 6) is -0.124. The normalized spacial score (nSPS) is 12.2. The molecular formula is C20H21ClN2OS. The van der Waals surface area contributed by atoms with E-state index in [0.29, 0.717) is 11.2 Å². The van der Waals surface area contributed by atoms with E-state index in [1.807, 2.05) is 44.5 Å². The van der Waals surface area contributed by atoms with Crippen LogP contribution in [0, 0.1) is 27.7 Å². The second-order valence-electron chi connectivity index (χ2n) is 6.52. The van der Waals surface area contributed by atoms with Crippen molar-refractivity contribution in [3.8, 4) is 0 Å². The van der Waals surface area contributed by atoms with Crippen molar-refractivity contribution in [2.75, 3.05) is 0 Å². The van der Waals surface area contributed by atoms with E-state index < -0.39 is 0 Å². The van der Waals surface area contributed by atoms with E-state index in [0.717, 1.165) is 37.5 Å². The molecule has 1 heterocycles. The molecule has 3 rings (SSSR count). The van der Waals surface area contributed by atoms with Gasteiger partial charge in [-0.15, -0.1) is 0 Å². The van der Waals surface area contributed by atoms with Gasteiger partial charge in [-0.25, -0.2) is 0 Å². The summed E-state index contributed by atoms with van der Waals surface area (Å²) in [6.07, 6.45) is 0.325. The molecule has 0 aliphatic heterocycles. The lowest BCUT2D eigenvalue weighted by atomic mass is 9.97. The predicted octanol–water partition coefficient (Wildman–Crippen LogP) is 4.80. The Labute approximate surface area is 156 Å². The highest BCUT2D eigenvalue weighted by molar-refractivity contribution is 7.16. The van der Waals surface area contributed by atoms with Crippen molar-refractivity contribution in [3.05, 3.63) is 61.9 Å². The lowest BCUT2D eigenvalue weighted by molar-refractivity contribution is -0.117. The van der Waals surface area contributed by atoms with Gasteiger partial charge in [0.05, 0.1) is 16.6 Å².